The van der Waals surface area contributed by atoms with Crippen molar-refractivity contribution in [2.75, 3.05) is 17.6 Å². The summed E-state index contributed by atoms with van der Waals surface area (Å²) in [6, 6.07) is 1.66. The van der Waals surface area contributed by atoms with Crippen LogP contribution >= 0.6 is 11.8 Å². The zero-order chi connectivity index (χ0) is 13.2. The number of aryl methyl sites for hydroxylation is 1. The molecule has 2 rings (SSSR count). The van der Waals surface area contributed by atoms with Crippen molar-refractivity contribution in [2.24, 2.45) is 0 Å². The van der Waals surface area contributed by atoms with E-state index in [1.807, 2.05) is 11.8 Å². The molecule has 18 heavy (non-hydrogen) atoms. The van der Waals surface area contributed by atoms with Crippen LogP contribution < -0.4 is 5.32 Å². The Hall–Kier alpha value is -1.30. The first-order valence-electron chi connectivity index (χ1n) is 6.00. The number of nitro groups is 1. The van der Waals surface area contributed by atoms with E-state index in [1.54, 1.807) is 19.2 Å². The highest BCUT2D eigenvalue weighted by Gasteiger charge is 2.30. The molecule has 0 spiro atoms. The quantitative estimate of drug-likeness (QED) is 0.671. The van der Waals surface area contributed by atoms with Crippen LogP contribution in [0.5, 0.6) is 0 Å². The summed E-state index contributed by atoms with van der Waals surface area (Å²) >= 11 is 1.92. The van der Waals surface area contributed by atoms with Crippen LogP contribution in [0.15, 0.2) is 12.3 Å². The lowest BCUT2D eigenvalue weighted by atomic mass is 10.1. The third kappa shape index (κ3) is 2.75. The largest absolute Gasteiger partial charge is 0.363 e. The summed E-state index contributed by atoms with van der Waals surface area (Å²) < 4.78 is 0.166. The van der Waals surface area contributed by atoms with Gasteiger partial charge in [-0.15, -0.1) is 0 Å². The average molecular weight is 267 g/mol. The summed E-state index contributed by atoms with van der Waals surface area (Å²) in [7, 11) is 0. The molecule has 1 aliphatic rings. The lowest BCUT2D eigenvalue weighted by molar-refractivity contribution is -0.384. The van der Waals surface area contributed by atoms with Gasteiger partial charge < -0.3 is 5.32 Å². The molecular formula is C12H17N3O2S. The molecule has 0 saturated carbocycles. The molecule has 1 fully saturated rings. The molecule has 1 aromatic heterocycles. The molecule has 98 valence electrons. The minimum Gasteiger partial charge on any atom is -0.363 e. The number of hydrogen-bond donors (Lipinski definition) is 1. The predicted octanol–water partition coefficient (Wildman–Crippen LogP) is 3.00. The fraction of sp³-hybridized carbons (Fsp3) is 0.583. The van der Waals surface area contributed by atoms with Crippen molar-refractivity contribution in [1.29, 1.82) is 0 Å². The maximum absolute atomic E-state index is 11.0. The van der Waals surface area contributed by atoms with Crippen molar-refractivity contribution >= 4 is 23.3 Å². The lowest BCUT2D eigenvalue weighted by Gasteiger charge is -2.23. The summed E-state index contributed by atoms with van der Waals surface area (Å²) in [5.41, 5.74) is 0.728. The van der Waals surface area contributed by atoms with Crippen LogP contribution in [-0.2, 0) is 0 Å². The maximum Gasteiger partial charge on any atom is 0.314 e. The molecule has 6 heteroatoms. The van der Waals surface area contributed by atoms with Crippen LogP contribution in [0.25, 0.3) is 0 Å². The normalized spacial score (nSPS) is 23.0. The van der Waals surface area contributed by atoms with Gasteiger partial charge in [-0.3, -0.25) is 10.1 Å². The molecule has 0 radical (unpaired) electrons. The van der Waals surface area contributed by atoms with Crippen LogP contribution in [0.4, 0.5) is 11.5 Å². The summed E-state index contributed by atoms with van der Waals surface area (Å²) in [6.07, 6.45) is 3.96. The Morgan fingerprint density at radius 1 is 1.67 bits per heavy atom. The van der Waals surface area contributed by atoms with E-state index in [9.17, 15) is 10.1 Å². The van der Waals surface area contributed by atoms with Crippen LogP contribution in [-0.4, -0.2) is 27.0 Å². The molecule has 0 bridgehead atoms. The van der Waals surface area contributed by atoms with Gasteiger partial charge in [-0.2, -0.15) is 11.8 Å². The van der Waals surface area contributed by atoms with Gasteiger partial charge in [0.2, 0.25) is 5.82 Å². The highest BCUT2D eigenvalue weighted by molar-refractivity contribution is 8.00. The lowest BCUT2D eigenvalue weighted by Crippen LogP contribution is -2.27. The molecule has 1 saturated heterocycles. The Morgan fingerprint density at radius 3 is 3.06 bits per heavy atom. The Kier molecular flexibility index (Phi) is 3.75. The number of thioether (sulfide) groups is 1. The van der Waals surface area contributed by atoms with Crippen LogP contribution in [0.3, 0.4) is 0 Å². The fourth-order valence-electron chi connectivity index (χ4n) is 2.16. The minimum absolute atomic E-state index is 0.0871. The number of aromatic nitrogens is 1. The van der Waals surface area contributed by atoms with Gasteiger partial charge in [0.25, 0.3) is 0 Å². The highest BCUT2D eigenvalue weighted by atomic mass is 32.2. The first-order chi connectivity index (χ1) is 8.52. The van der Waals surface area contributed by atoms with Gasteiger partial charge in [-0.05, 0) is 38.5 Å². The van der Waals surface area contributed by atoms with Gasteiger partial charge in [0.05, 0.1) is 4.92 Å². The molecule has 1 atom stereocenters. The number of anilines is 1. The fourth-order valence-corrected chi connectivity index (χ4v) is 3.40. The standard InChI is InChI=1S/C12H17N3O2S/c1-9-4-6-13-11(10(9)15(16)17)14-8-12(2)5-3-7-18-12/h4,6H,3,5,7-8H2,1-2H3,(H,13,14). The first kappa shape index (κ1) is 13.1. The van der Waals surface area contributed by atoms with Gasteiger partial charge in [0.15, 0.2) is 0 Å². The number of nitrogens with zero attached hydrogens (tertiary/aromatic N) is 2. The number of nitrogens with one attached hydrogen (secondary N) is 1. The van der Waals surface area contributed by atoms with Crippen molar-refractivity contribution < 1.29 is 4.92 Å². The topological polar surface area (TPSA) is 68.1 Å². The van der Waals surface area contributed by atoms with Crippen molar-refractivity contribution in [2.45, 2.75) is 31.4 Å². The van der Waals surface area contributed by atoms with E-state index >= 15 is 0 Å². The number of pyridine rings is 1. The Labute approximate surface area is 111 Å². The molecule has 0 amide bonds. The molecule has 2 heterocycles. The number of rotatable bonds is 4. The van der Waals surface area contributed by atoms with Crippen molar-refractivity contribution in [3.8, 4) is 0 Å². The second-order valence-corrected chi connectivity index (χ2v) is 6.52. The van der Waals surface area contributed by atoms with Crippen molar-refractivity contribution in [1.82, 2.24) is 4.98 Å². The van der Waals surface area contributed by atoms with Crippen molar-refractivity contribution in [3.63, 3.8) is 0 Å². The molecule has 5 nitrogen and oxygen atoms in total. The molecule has 1 N–H and O–H groups in total. The Balaban J connectivity index is 2.14. The monoisotopic (exact) mass is 267 g/mol. The molecule has 1 aliphatic heterocycles. The molecule has 0 aliphatic carbocycles. The van der Waals surface area contributed by atoms with Crippen LogP contribution in [0.2, 0.25) is 0 Å². The van der Waals surface area contributed by atoms with E-state index in [0.717, 1.165) is 13.0 Å². The predicted molar refractivity (Wildman–Crippen MR) is 74.2 cm³/mol. The van der Waals surface area contributed by atoms with E-state index in [1.165, 1.54) is 12.2 Å². The summed E-state index contributed by atoms with van der Waals surface area (Å²) in [5, 5.41) is 14.2. The molecular weight excluding hydrogens is 250 g/mol. The first-order valence-corrected chi connectivity index (χ1v) is 6.98. The van der Waals surface area contributed by atoms with E-state index in [0.29, 0.717) is 11.4 Å². The number of hydrogen-bond acceptors (Lipinski definition) is 5. The van der Waals surface area contributed by atoms with Gasteiger partial charge in [-0.25, -0.2) is 4.98 Å². The summed E-state index contributed by atoms with van der Waals surface area (Å²) in [5.74, 6) is 1.55. The van der Waals surface area contributed by atoms with Crippen LogP contribution in [0, 0.1) is 17.0 Å². The van der Waals surface area contributed by atoms with Gasteiger partial charge in [0, 0.05) is 23.1 Å². The second kappa shape index (κ2) is 5.14. The SMILES string of the molecule is Cc1ccnc(NCC2(C)CCCS2)c1[N+](=O)[O-]. The average Bonchev–Trinajstić information content (AvgIpc) is 2.73. The Morgan fingerprint density at radius 2 is 2.44 bits per heavy atom. The summed E-state index contributed by atoms with van der Waals surface area (Å²) in [6.45, 7) is 4.64. The third-order valence-electron chi connectivity index (χ3n) is 3.24. The van der Waals surface area contributed by atoms with E-state index < -0.39 is 0 Å². The zero-order valence-electron chi connectivity index (χ0n) is 10.6. The molecule has 1 aromatic rings. The minimum atomic E-state index is -0.366. The third-order valence-corrected chi connectivity index (χ3v) is 4.78. The molecule has 1 unspecified atom stereocenters. The second-order valence-electron chi connectivity index (χ2n) is 4.84. The van der Waals surface area contributed by atoms with E-state index in [2.05, 4.69) is 17.2 Å². The maximum atomic E-state index is 11.0. The zero-order valence-corrected chi connectivity index (χ0v) is 11.4. The van der Waals surface area contributed by atoms with Gasteiger partial charge >= 0.3 is 5.69 Å². The van der Waals surface area contributed by atoms with Gasteiger partial charge in [0.1, 0.15) is 0 Å². The Bertz CT molecular complexity index is 459. The smallest absolute Gasteiger partial charge is 0.314 e. The van der Waals surface area contributed by atoms with E-state index in [4.69, 9.17) is 0 Å². The van der Waals surface area contributed by atoms with Crippen LogP contribution in [0.1, 0.15) is 25.3 Å². The molecule has 0 aromatic carbocycles. The van der Waals surface area contributed by atoms with Gasteiger partial charge in [-0.1, -0.05) is 0 Å². The highest BCUT2D eigenvalue weighted by Crippen LogP contribution is 2.38. The summed E-state index contributed by atoms with van der Waals surface area (Å²) in [4.78, 5) is 14.8. The van der Waals surface area contributed by atoms with Crippen molar-refractivity contribution in [3.05, 3.63) is 27.9 Å². The van der Waals surface area contributed by atoms with E-state index in [-0.39, 0.29) is 15.4 Å².